The molecular formula is C10H9F3N4. The summed E-state index contributed by atoms with van der Waals surface area (Å²) in [6.45, 7) is 1.49. The lowest BCUT2D eigenvalue weighted by atomic mass is 10.4. The number of hydrogen-bond acceptors (Lipinski definition) is 3. The minimum Gasteiger partial charge on any atom is -0.384 e. The fraction of sp³-hybridized carbons (Fsp3) is 0.200. The molecule has 4 nitrogen and oxygen atoms in total. The maximum atomic E-state index is 12.4. The van der Waals surface area contributed by atoms with Crippen LogP contribution in [-0.2, 0) is 6.18 Å². The minimum absolute atomic E-state index is 0.240. The van der Waals surface area contributed by atoms with Gasteiger partial charge in [0.25, 0.3) is 0 Å². The van der Waals surface area contributed by atoms with Crippen molar-refractivity contribution in [3.05, 3.63) is 36.0 Å². The lowest BCUT2D eigenvalue weighted by Crippen LogP contribution is -2.05. The molecule has 0 atom stereocenters. The number of pyridine rings is 1. The van der Waals surface area contributed by atoms with Crippen molar-refractivity contribution in [2.45, 2.75) is 13.1 Å². The summed E-state index contributed by atoms with van der Waals surface area (Å²) in [4.78, 5) is 7.28. The van der Waals surface area contributed by atoms with Crippen LogP contribution in [0.3, 0.4) is 0 Å². The van der Waals surface area contributed by atoms with Crippen molar-refractivity contribution >= 4 is 5.82 Å². The predicted molar refractivity (Wildman–Crippen MR) is 55.5 cm³/mol. The van der Waals surface area contributed by atoms with Gasteiger partial charge in [-0.05, 0) is 19.1 Å². The van der Waals surface area contributed by atoms with Gasteiger partial charge in [0.1, 0.15) is 11.6 Å². The Morgan fingerprint density at radius 2 is 2.00 bits per heavy atom. The fourth-order valence-corrected chi connectivity index (χ4v) is 1.41. The first-order valence-electron chi connectivity index (χ1n) is 4.73. The maximum Gasteiger partial charge on any atom is 0.434 e. The molecule has 0 aliphatic rings. The first-order chi connectivity index (χ1) is 7.88. The normalized spacial score (nSPS) is 11.8. The molecule has 0 amide bonds. The first kappa shape index (κ1) is 11.4. The van der Waals surface area contributed by atoms with Crippen molar-refractivity contribution in [3.8, 4) is 5.69 Å². The van der Waals surface area contributed by atoms with Gasteiger partial charge in [0.2, 0.25) is 0 Å². The lowest BCUT2D eigenvalue weighted by molar-refractivity contribution is -0.141. The van der Waals surface area contributed by atoms with Gasteiger partial charge >= 0.3 is 6.18 Å². The molecule has 0 unspecified atom stereocenters. The number of alkyl halides is 3. The molecule has 0 bridgehead atoms. The average molecular weight is 242 g/mol. The average Bonchev–Trinajstić information content (AvgIpc) is 2.61. The molecule has 0 saturated carbocycles. The van der Waals surface area contributed by atoms with Crippen molar-refractivity contribution in [2.75, 3.05) is 5.73 Å². The number of rotatable bonds is 1. The summed E-state index contributed by atoms with van der Waals surface area (Å²) in [6, 6.07) is 3.10. The number of nitrogens with two attached hydrogens (primary N) is 1. The molecule has 2 rings (SSSR count). The topological polar surface area (TPSA) is 56.7 Å². The van der Waals surface area contributed by atoms with Crippen molar-refractivity contribution in [1.82, 2.24) is 14.5 Å². The molecule has 0 fully saturated rings. The Bertz CT molecular complexity index is 527. The van der Waals surface area contributed by atoms with Crippen molar-refractivity contribution in [2.24, 2.45) is 0 Å². The third-order valence-electron chi connectivity index (χ3n) is 2.22. The second-order valence-electron chi connectivity index (χ2n) is 3.48. The number of imidazole rings is 1. The number of anilines is 1. The summed E-state index contributed by atoms with van der Waals surface area (Å²) in [5, 5.41) is 0. The molecule has 0 radical (unpaired) electrons. The van der Waals surface area contributed by atoms with E-state index < -0.39 is 11.9 Å². The van der Waals surface area contributed by atoms with Gasteiger partial charge in [-0.25, -0.2) is 9.97 Å². The van der Waals surface area contributed by atoms with Crippen molar-refractivity contribution in [3.63, 3.8) is 0 Å². The number of nitrogen functional groups attached to an aromatic ring is 1. The minimum atomic E-state index is -4.45. The Morgan fingerprint density at radius 1 is 1.29 bits per heavy atom. The van der Waals surface area contributed by atoms with Crippen LogP contribution in [0, 0.1) is 6.92 Å². The molecule has 0 spiro atoms. The highest BCUT2D eigenvalue weighted by Crippen LogP contribution is 2.29. The summed E-state index contributed by atoms with van der Waals surface area (Å²) in [5.41, 5.74) is 4.96. The van der Waals surface area contributed by atoms with Gasteiger partial charge in [0, 0.05) is 6.20 Å². The van der Waals surface area contributed by atoms with Gasteiger partial charge in [-0.1, -0.05) is 0 Å². The second kappa shape index (κ2) is 3.76. The van der Waals surface area contributed by atoms with Crippen LogP contribution in [0.1, 0.15) is 11.5 Å². The highest BCUT2D eigenvalue weighted by Gasteiger charge is 2.34. The lowest BCUT2D eigenvalue weighted by Gasteiger charge is -2.04. The summed E-state index contributed by atoms with van der Waals surface area (Å²) < 4.78 is 38.7. The van der Waals surface area contributed by atoms with Gasteiger partial charge in [-0.2, -0.15) is 13.2 Å². The second-order valence-corrected chi connectivity index (χ2v) is 3.48. The first-order valence-corrected chi connectivity index (χ1v) is 4.73. The third kappa shape index (κ3) is 2.22. The molecule has 0 aliphatic carbocycles. The summed E-state index contributed by atoms with van der Waals surface area (Å²) in [5.74, 6) is 0.548. The highest BCUT2D eigenvalue weighted by atomic mass is 19.4. The van der Waals surface area contributed by atoms with Gasteiger partial charge < -0.3 is 10.3 Å². The van der Waals surface area contributed by atoms with Crippen LogP contribution in [0.25, 0.3) is 5.69 Å². The van der Waals surface area contributed by atoms with Crippen LogP contribution in [0.15, 0.2) is 24.5 Å². The van der Waals surface area contributed by atoms with Crippen LogP contribution >= 0.6 is 0 Å². The Hall–Kier alpha value is -2.05. The SMILES string of the molecule is Cc1nc(C(F)(F)F)cn1-c1ccc(N)nc1. The summed E-state index contributed by atoms with van der Waals surface area (Å²) in [6.07, 6.45) is -2.12. The monoisotopic (exact) mass is 242 g/mol. The van der Waals surface area contributed by atoms with Gasteiger partial charge in [-0.3, -0.25) is 0 Å². The number of hydrogen-bond donors (Lipinski definition) is 1. The molecule has 0 saturated heterocycles. The quantitative estimate of drug-likeness (QED) is 0.833. The number of halogens is 3. The van der Waals surface area contributed by atoms with E-state index in [1.165, 1.54) is 23.8 Å². The molecule has 0 aliphatic heterocycles. The predicted octanol–water partition coefficient (Wildman–Crippen LogP) is 2.18. The zero-order valence-electron chi connectivity index (χ0n) is 8.86. The van der Waals surface area contributed by atoms with E-state index in [0.29, 0.717) is 11.5 Å². The molecule has 90 valence electrons. The highest BCUT2D eigenvalue weighted by molar-refractivity contribution is 5.38. The van der Waals surface area contributed by atoms with Crippen LogP contribution in [0.2, 0.25) is 0 Å². The van der Waals surface area contributed by atoms with Crippen molar-refractivity contribution in [1.29, 1.82) is 0 Å². The van der Waals surface area contributed by atoms with Crippen LogP contribution in [-0.4, -0.2) is 14.5 Å². The van der Waals surface area contributed by atoms with E-state index in [0.717, 1.165) is 6.20 Å². The summed E-state index contributed by atoms with van der Waals surface area (Å²) >= 11 is 0. The Labute approximate surface area is 94.9 Å². The number of aromatic nitrogens is 3. The fourth-order valence-electron chi connectivity index (χ4n) is 1.41. The molecular weight excluding hydrogens is 233 g/mol. The largest absolute Gasteiger partial charge is 0.434 e. The zero-order valence-corrected chi connectivity index (χ0v) is 8.86. The van der Waals surface area contributed by atoms with Crippen LogP contribution in [0.4, 0.5) is 19.0 Å². The molecule has 7 heteroatoms. The number of aryl methyl sites for hydroxylation is 1. The maximum absolute atomic E-state index is 12.4. The molecule has 2 heterocycles. The van der Waals surface area contributed by atoms with E-state index in [2.05, 4.69) is 9.97 Å². The summed E-state index contributed by atoms with van der Waals surface area (Å²) in [7, 11) is 0. The molecule has 17 heavy (non-hydrogen) atoms. The molecule has 2 N–H and O–H groups in total. The molecule has 2 aromatic heterocycles. The van der Waals surface area contributed by atoms with E-state index in [9.17, 15) is 13.2 Å². The van der Waals surface area contributed by atoms with Crippen LogP contribution < -0.4 is 5.73 Å². The Balaban J connectivity index is 2.46. The van der Waals surface area contributed by atoms with E-state index >= 15 is 0 Å². The standard InChI is InChI=1S/C10H9F3N4/c1-6-16-8(10(11,12)13)5-17(6)7-2-3-9(14)15-4-7/h2-5H,1H3,(H2,14,15). The van der Waals surface area contributed by atoms with Gasteiger partial charge in [0.05, 0.1) is 11.9 Å². The van der Waals surface area contributed by atoms with E-state index in [1.807, 2.05) is 0 Å². The van der Waals surface area contributed by atoms with E-state index in [4.69, 9.17) is 5.73 Å². The van der Waals surface area contributed by atoms with Crippen LogP contribution in [0.5, 0.6) is 0 Å². The van der Waals surface area contributed by atoms with Gasteiger partial charge in [0.15, 0.2) is 5.69 Å². The Kier molecular flexibility index (Phi) is 2.53. The van der Waals surface area contributed by atoms with E-state index in [1.54, 1.807) is 6.07 Å². The van der Waals surface area contributed by atoms with E-state index in [-0.39, 0.29) is 5.82 Å². The van der Waals surface area contributed by atoms with Crippen molar-refractivity contribution < 1.29 is 13.2 Å². The molecule has 2 aromatic rings. The zero-order chi connectivity index (χ0) is 12.6. The van der Waals surface area contributed by atoms with Gasteiger partial charge in [-0.15, -0.1) is 0 Å². The number of nitrogens with zero attached hydrogens (tertiary/aromatic N) is 3. The Morgan fingerprint density at radius 3 is 2.47 bits per heavy atom. The third-order valence-corrected chi connectivity index (χ3v) is 2.22. The molecule has 0 aromatic carbocycles. The smallest absolute Gasteiger partial charge is 0.384 e.